The molecule has 0 aliphatic carbocycles. The van der Waals surface area contributed by atoms with Crippen molar-refractivity contribution in [3.8, 4) is 17.0 Å². The molecule has 0 aliphatic heterocycles. The Hall–Kier alpha value is -3.15. The average molecular weight is 463 g/mol. The number of hydrogen-bond acceptors (Lipinski definition) is 4. The second-order valence-corrected chi connectivity index (χ2v) is 8.94. The van der Waals surface area contributed by atoms with Crippen LogP contribution in [0.2, 0.25) is 5.02 Å². The number of halogens is 1. The smallest absolute Gasteiger partial charge is 0.233 e. The third-order valence-electron chi connectivity index (χ3n) is 5.13. The Morgan fingerprint density at radius 2 is 1.78 bits per heavy atom. The van der Waals surface area contributed by atoms with Crippen molar-refractivity contribution in [1.29, 1.82) is 0 Å². The van der Waals surface area contributed by atoms with E-state index in [1.54, 1.807) is 12.0 Å². The molecule has 32 heavy (non-hydrogen) atoms. The number of hydrogen-bond donors (Lipinski definition) is 0. The number of rotatable bonds is 7. The van der Waals surface area contributed by atoms with Crippen molar-refractivity contribution >= 4 is 39.7 Å². The molecule has 4 nitrogen and oxygen atoms in total. The van der Waals surface area contributed by atoms with Crippen LogP contribution in [0.25, 0.3) is 11.3 Å². The number of anilines is 2. The summed E-state index contributed by atoms with van der Waals surface area (Å²) in [6, 6.07) is 25.1. The molecule has 0 aliphatic rings. The normalized spacial score (nSPS) is 10.7. The van der Waals surface area contributed by atoms with Gasteiger partial charge < -0.3 is 4.74 Å². The van der Waals surface area contributed by atoms with E-state index in [1.807, 2.05) is 85.8 Å². The van der Waals surface area contributed by atoms with E-state index in [4.69, 9.17) is 21.3 Å². The van der Waals surface area contributed by atoms with Crippen molar-refractivity contribution in [2.24, 2.45) is 0 Å². The molecule has 0 bridgehead atoms. The van der Waals surface area contributed by atoms with Crippen LogP contribution in [0.4, 0.5) is 10.8 Å². The number of ether oxygens (including phenoxy) is 1. The number of methoxy groups -OCH3 is 1. The van der Waals surface area contributed by atoms with Crippen molar-refractivity contribution in [3.05, 3.63) is 94.3 Å². The Labute approximate surface area is 197 Å². The third-order valence-corrected chi connectivity index (χ3v) is 6.33. The third kappa shape index (κ3) is 5.01. The lowest BCUT2D eigenvalue weighted by atomic mass is 10.1. The first-order chi connectivity index (χ1) is 15.5. The van der Waals surface area contributed by atoms with Crippen LogP contribution in [-0.4, -0.2) is 18.0 Å². The molecule has 1 heterocycles. The van der Waals surface area contributed by atoms with E-state index >= 15 is 0 Å². The summed E-state index contributed by atoms with van der Waals surface area (Å²) in [5.41, 5.74) is 3.68. The molecular weight excluding hydrogens is 440 g/mol. The van der Waals surface area contributed by atoms with Crippen molar-refractivity contribution in [1.82, 2.24) is 4.98 Å². The first kappa shape index (κ1) is 22.1. The fraction of sp³-hybridized carbons (Fsp3) is 0.154. The molecule has 0 saturated carbocycles. The van der Waals surface area contributed by atoms with E-state index in [0.717, 1.165) is 27.4 Å². The van der Waals surface area contributed by atoms with Crippen LogP contribution in [-0.2, 0) is 11.2 Å². The molecule has 3 aromatic carbocycles. The molecule has 0 radical (unpaired) electrons. The van der Waals surface area contributed by atoms with Gasteiger partial charge in [-0.15, -0.1) is 11.3 Å². The molecule has 1 aromatic heterocycles. The Morgan fingerprint density at radius 3 is 2.50 bits per heavy atom. The molecule has 0 unspecified atom stereocenters. The molecule has 4 rings (SSSR count). The molecule has 0 saturated heterocycles. The van der Waals surface area contributed by atoms with Gasteiger partial charge in [-0.05, 0) is 43.2 Å². The topological polar surface area (TPSA) is 42.4 Å². The highest BCUT2D eigenvalue weighted by Gasteiger charge is 2.23. The predicted molar refractivity (Wildman–Crippen MR) is 132 cm³/mol. The maximum absolute atomic E-state index is 13.5. The van der Waals surface area contributed by atoms with Gasteiger partial charge in [0.25, 0.3) is 0 Å². The average Bonchev–Trinajstić information content (AvgIpc) is 3.20. The molecule has 1 amide bonds. The summed E-state index contributed by atoms with van der Waals surface area (Å²) in [6.07, 6.45) is 1.03. The lowest BCUT2D eigenvalue weighted by molar-refractivity contribution is -0.117. The highest BCUT2D eigenvalue weighted by Crippen LogP contribution is 2.37. The van der Waals surface area contributed by atoms with Gasteiger partial charge in [0.1, 0.15) is 5.75 Å². The summed E-state index contributed by atoms with van der Waals surface area (Å²) in [7, 11) is 1.62. The van der Waals surface area contributed by atoms with E-state index < -0.39 is 0 Å². The number of aromatic nitrogens is 1. The first-order valence-electron chi connectivity index (χ1n) is 10.3. The lowest BCUT2D eigenvalue weighted by Gasteiger charge is -2.20. The molecule has 162 valence electrons. The van der Waals surface area contributed by atoms with Crippen LogP contribution in [0.3, 0.4) is 0 Å². The second kappa shape index (κ2) is 9.98. The number of amides is 1. The van der Waals surface area contributed by atoms with Crippen LogP contribution in [0, 0.1) is 6.92 Å². The largest absolute Gasteiger partial charge is 0.497 e. The van der Waals surface area contributed by atoms with Crippen LogP contribution < -0.4 is 9.64 Å². The minimum Gasteiger partial charge on any atom is -0.497 e. The van der Waals surface area contributed by atoms with Gasteiger partial charge in [-0.25, -0.2) is 4.98 Å². The van der Waals surface area contributed by atoms with Gasteiger partial charge in [0.2, 0.25) is 5.91 Å². The van der Waals surface area contributed by atoms with Gasteiger partial charge in [0.05, 0.1) is 18.5 Å². The van der Waals surface area contributed by atoms with E-state index in [9.17, 15) is 4.79 Å². The van der Waals surface area contributed by atoms with Crippen molar-refractivity contribution < 1.29 is 9.53 Å². The maximum Gasteiger partial charge on any atom is 0.233 e. The summed E-state index contributed by atoms with van der Waals surface area (Å²) in [5.74, 6) is 0.674. The molecule has 0 N–H and O–H groups in total. The SMILES string of the molecule is COc1cccc(N(C(=O)CCc2ccccc2)c2nc(-c3ccc(Cl)cc3)c(C)s2)c1. The summed E-state index contributed by atoms with van der Waals surface area (Å²) in [6.45, 7) is 2.02. The number of nitrogens with zero attached hydrogens (tertiary/aromatic N) is 2. The number of benzene rings is 3. The van der Waals surface area contributed by atoms with E-state index in [-0.39, 0.29) is 5.91 Å². The Kier molecular flexibility index (Phi) is 6.88. The predicted octanol–water partition coefficient (Wildman–Crippen LogP) is 7.08. The fourth-order valence-electron chi connectivity index (χ4n) is 3.47. The molecule has 0 spiro atoms. The van der Waals surface area contributed by atoms with Gasteiger partial charge in [0.15, 0.2) is 5.13 Å². The highest BCUT2D eigenvalue weighted by atomic mass is 35.5. The van der Waals surface area contributed by atoms with Gasteiger partial charge in [0, 0.05) is 28.0 Å². The van der Waals surface area contributed by atoms with Crippen LogP contribution in [0.5, 0.6) is 5.75 Å². The van der Waals surface area contributed by atoms with Crippen LogP contribution in [0.1, 0.15) is 16.9 Å². The Bertz CT molecular complexity index is 1210. The van der Waals surface area contributed by atoms with Gasteiger partial charge in [-0.3, -0.25) is 9.69 Å². The van der Waals surface area contributed by atoms with E-state index in [2.05, 4.69) is 0 Å². The molecule has 4 aromatic rings. The maximum atomic E-state index is 13.5. The summed E-state index contributed by atoms with van der Waals surface area (Å²) < 4.78 is 5.39. The summed E-state index contributed by atoms with van der Waals surface area (Å²) >= 11 is 7.55. The molecule has 0 fully saturated rings. The number of carbonyl (C=O) groups is 1. The van der Waals surface area contributed by atoms with E-state index in [0.29, 0.717) is 28.7 Å². The zero-order valence-electron chi connectivity index (χ0n) is 17.9. The van der Waals surface area contributed by atoms with Crippen LogP contribution >= 0.6 is 22.9 Å². The van der Waals surface area contributed by atoms with E-state index in [1.165, 1.54) is 11.3 Å². The molecule has 6 heteroatoms. The zero-order chi connectivity index (χ0) is 22.5. The zero-order valence-corrected chi connectivity index (χ0v) is 19.5. The number of thiazole rings is 1. The second-order valence-electron chi connectivity index (χ2n) is 7.32. The quantitative estimate of drug-likeness (QED) is 0.294. The Morgan fingerprint density at radius 1 is 1.03 bits per heavy atom. The van der Waals surface area contributed by atoms with Crippen LogP contribution in [0.15, 0.2) is 78.9 Å². The van der Waals surface area contributed by atoms with Gasteiger partial charge >= 0.3 is 0 Å². The highest BCUT2D eigenvalue weighted by molar-refractivity contribution is 7.16. The summed E-state index contributed by atoms with van der Waals surface area (Å²) in [5, 5.41) is 1.31. The minimum absolute atomic E-state index is 0.0153. The molecular formula is C26H23ClN2O2S. The number of carbonyl (C=O) groups excluding carboxylic acids is 1. The fourth-order valence-corrected chi connectivity index (χ4v) is 4.57. The van der Waals surface area contributed by atoms with Crippen molar-refractivity contribution in [3.63, 3.8) is 0 Å². The Balaban J connectivity index is 1.69. The summed E-state index contributed by atoms with van der Waals surface area (Å²) in [4.78, 5) is 21.0. The lowest BCUT2D eigenvalue weighted by Crippen LogP contribution is -2.26. The first-order valence-corrected chi connectivity index (χ1v) is 11.5. The van der Waals surface area contributed by atoms with Gasteiger partial charge in [-0.2, -0.15) is 0 Å². The standard InChI is InChI=1S/C26H23ClN2O2S/c1-18-25(20-12-14-21(27)15-13-20)28-26(32-18)29(22-9-6-10-23(17-22)31-2)24(30)16-11-19-7-4-3-5-8-19/h3-10,12-15,17H,11,16H2,1-2H3. The molecule has 0 atom stereocenters. The van der Waals surface area contributed by atoms with Crippen molar-refractivity contribution in [2.45, 2.75) is 19.8 Å². The van der Waals surface area contributed by atoms with Gasteiger partial charge in [-0.1, -0.05) is 60.1 Å². The minimum atomic E-state index is -0.0153. The monoisotopic (exact) mass is 462 g/mol. The number of aryl methyl sites for hydroxylation is 2. The van der Waals surface area contributed by atoms with Crippen molar-refractivity contribution in [2.75, 3.05) is 12.0 Å².